The van der Waals surface area contributed by atoms with Crippen LogP contribution in [0.3, 0.4) is 0 Å². The Bertz CT molecular complexity index is 911. The topological polar surface area (TPSA) is 52.2 Å². The van der Waals surface area contributed by atoms with Gasteiger partial charge in [-0.1, -0.05) is 36.4 Å². The molecule has 1 N–H and O–H groups in total. The second-order valence-electron chi connectivity index (χ2n) is 6.96. The molecule has 1 aliphatic heterocycles. The number of para-hydroxylation sites is 2. The number of carbonyl (C=O) groups excluding carboxylic acids is 1. The standard InChI is InChI=1S/C21H24N4O/c1-24(21(26)20-17-10-4-5-11-18(17)22-23-20)15-16-9-3-6-12-19(16)25-13-7-2-8-14-25/h3-6,9-12H,2,7-8,13-15H2,1H3,(H,22,23). The number of benzene rings is 2. The first-order valence-corrected chi connectivity index (χ1v) is 9.25. The van der Waals surface area contributed by atoms with Gasteiger partial charge < -0.3 is 9.80 Å². The van der Waals surface area contributed by atoms with E-state index >= 15 is 0 Å². The quantitative estimate of drug-likeness (QED) is 0.780. The third kappa shape index (κ3) is 3.17. The van der Waals surface area contributed by atoms with Gasteiger partial charge in [0.2, 0.25) is 0 Å². The van der Waals surface area contributed by atoms with Crippen LogP contribution in [0.4, 0.5) is 5.69 Å². The number of carbonyl (C=O) groups is 1. The molecule has 26 heavy (non-hydrogen) atoms. The van der Waals surface area contributed by atoms with Gasteiger partial charge in [0.25, 0.3) is 5.91 Å². The van der Waals surface area contributed by atoms with E-state index in [9.17, 15) is 4.79 Å². The highest BCUT2D eigenvalue weighted by molar-refractivity contribution is 6.04. The number of hydrogen-bond donors (Lipinski definition) is 1. The predicted molar refractivity (Wildman–Crippen MR) is 104 cm³/mol. The first-order chi connectivity index (χ1) is 12.7. The van der Waals surface area contributed by atoms with Crippen LogP contribution in [0.2, 0.25) is 0 Å². The third-order valence-electron chi connectivity index (χ3n) is 5.12. The molecule has 1 saturated heterocycles. The zero-order chi connectivity index (χ0) is 17.9. The lowest BCUT2D eigenvalue weighted by Gasteiger charge is -2.31. The summed E-state index contributed by atoms with van der Waals surface area (Å²) < 4.78 is 0. The Kier molecular flexibility index (Phi) is 4.61. The summed E-state index contributed by atoms with van der Waals surface area (Å²) in [7, 11) is 1.85. The molecule has 0 spiro atoms. The largest absolute Gasteiger partial charge is 0.371 e. The third-order valence-corrected chi connectivity index (χ3v) is 5.12. The van der Waals surface area contributed by atoms with Crippen molar-refractivity contribution in [3.05, 3.63) is 59.8 Å². The zero-order valence-corrected chi connectivity index (χ0v) is 15.1. The average Bonchev–Trinajstić information content (AvgIpc) is 3.12. The van der Waals surface area contributed by atoms with Crippen molar-refractivity contribution >= 4 is 22.5 Å². The molecule has 4 rings (SSSR count). The van der Waals surface area contributed by atoms with E-state index in [-0.39, 0.29) is 5.91 Å². The molecule has 1 amide bonds. The predicted octanol–water partition coefficient (Wildman–Crippen LogP) is 3.83. The van der Waals surface area contributed by atoms with E-state index in [4.69, 9.17) is 0 Å². The summed E-state index contributed by atoms with van der Waals surface area (Å²) >= 11 is 0. The second kappa shape index (κ2) is 7.20. The molecule has 1 aromatic heterocycles. The summed E-state index contributed by atoms with van der Waals surface area (Å²) in [5.41, 5.74) is 3.81. The lowest BCUT2D eigenvalue weighted by molar-refractivity contribution is 0.0781. The molecule has 0 bridgehead atoms. The molecule has 1 aliphatic rings. The Morgan fingerprint density at radius 2 is 1.81 bits per heavy atom. The molecule has 2 aromatic carbocycles. The van der Waals surface area contributed by atoms with Crippen molar-refractivity contribution in [1.82, 2.24) is 15.1 Å². The monoisotopic (exact) mass is 348 g/mol. The normalized spacial score (nSPS) is 14.6. The number of hydrogen-bond acceptors (Lipinski definition) is 3. The summed E-state index contributed by atoms with van der Waals surface area (Å²) in [6, 6.07) is 16.2. The minimum atomic E-state index is -0.0594. The van der Waals surface area contributed by atoms with Crippen molar-refractivity contribution in [2.75, 3.05) is 25.0 Å². The van der Waals surface area contributed by atoms with Crippen molar-refractivity contribution in [2.24, 2.45) is 0 Å². The molecular weight excluding hydrogens is 324 g/mol. The average molecular weight is 348 g/mol. The molecule has 2 heterocycles. The van der Waals surface area contributed by atoms with Crippen LogP contribution in [0.1, 0.15) is 35.3 Å². The van der Waals surface area contributed by atoms with Crippen molar-refractivity contribution in [1.29, 1.82) is 0 Å². The highest BCUT2D eigenvalue weighted by Crippen LogP contribution is 2.26. The first-order valence-electron chi connectivity index (χ1n) is 9.25. The molecule has 0 atom stereocenters. The van der Waals surface area contributed by atoms with E-state index in [1.165, 1.54) is 30.5 Å². The highest BCUT2D eigenvalue weighted by Gasteiger charge is 2.20. The lowest BCUT2D eigenvalue weighted by Crippen LogP contribution is -2.32. The molecule has 0 unspecified atom stereocenters. The van der Waals surface area contributed by atoms with Crippen molar-refractivity contribution in [3.63, 3.8) is 0 Å². The fraction of sp³-hybridized carbons (Fsp3) is 0.333. The minimum absolute atomic E-state index is 0.0594. The molecule has 1 fully saturated rings. The summed E-state index contributed by atoms with van der Waals surface area (Å²) in [6.07, 6.45) is 3.79. The van der Waals surface area contributed by atoms with Gasteiger partial charge in [0.05, 0.1) is 5.52 Å². The van der Waals surface area contributed by atoms with Gasteiger partial charge in [-0.3, -0.25) is 9.89 Å². The number of piperidine rings is 1. The van der Waals surface area contributed by atoms with Gasteiger partial charge in [0, 0.05) is 37.8 Å². The number of nitrogens with one attached hydrogen (secondary N) is 1. The van der Waals surface area contributed by atoms with Gasteiger partial charge in [-0.25, -0.2) is 0 Å². The van der Waals surface area contributed by atoms with E-state index in [0.29, 0.717) is 12.2 Å². The van der Waals surface area contributed by atoms with E-state index < -0.39 is 0 Å². The molecular formula is C21H24N4O. The Balaban J connectivity index is 1.56. The number of aromatic amines is 1. The zero-order valence-electron chi connectivity index (χ0n) is 15.1. The number of nitrogens with zero attached hydrogens (tertiary/aromatic N) is 3. The molecule has 0 radical (unpaired) electrons. The number of fused-ring (bicyclic) bond motifs is 1. The van der Waals surface area contributed by atoms with Crippen molar-refractivity contribution in [2.45, 2.75) is 25.8 Å². The van der Waals surface area contributed by atoms with Gasteiger partial charge >= 0.3 is 0 Å². The summed E-state index contributed by atoms with van der Waals surface area (Å²) in [5, 5.41) is 8.06. The fourth-order valence-corrected chi connectivity index (χ4v) is 3.72. The lowest BCUT2D eigenvalue weighted by atomic mass is 10.1. The van der Waals surface area contributed by atoms with Gasteiger partial charge in [-0.15, -0.1) is 0 Å². The number of amides is 1. The minimum Gasteiger partial charge on any atom is -0.371 e. The Hall–Kier alpha value is -2.82. The first kappa shape index (κ1) is 16.6. The van der Waals surface area contributed by atoms with Crippen LogP contribution in [0, 0.1) is 0 Å². The van der Waals surface area contributed by atoms with Crippen LogP contribution < -0.4 is 4.90 Å². The number of anilines is 1. The van der Waals surface area contributed by atoms with Gasteiger partial charge in [-0.2, -0.15) is 5.10 Å². The van der Waals surface area contributed by atoms with Gasteiger partial charge in [-0.05, 0) is 37.0 Å². The fourth-order valence-electron chi connectivity index (χ4n) is 3.72. The van der Waals surface area contributed by atoms with Gasteiger partial charge in [0.1, 0.15) is 0 Å². The summed E-state index contributed by atoms with van der Waals surface area (Å²) in [4.78, 5) is 17.1. The molecule has 5 heteroatoms. The summed E-state index contributed by atoms with van der Waals surface area (Å²) in [6.45, 7) is 2.77. The van der Waals surface area contributed by atoms with Gasteiger partial charge in [0.15, 0.2) is 5.69 Å². The maximum atomic E-state index is 12.9. The molecule has 134 valence electrons. The van der Waals surface area contributed by atoms with Crippen molar-refractivity contribution in [3.8, 4) is 0 Å². The van der Waals surface area contributed by atoms with Crippen LogP contribution in [0.15, 0.2) is 48.5 Å². The SMILES string of the molecule is CN(Cc1ccccc1N1CCCCC1)C(=O)c1n[nH]c2ccccc12. The van der Waals surface area contributed by atoms with Crippen LogP contribution >= 0.6 is 0 Å². The Morgan fingerprint density at radius 3 is 2.65 bits per heavy atom. The second-order valence-corrected chi connectivity index (χ2v) is 6.96. The van der Waals surface area contributed by atoms with Crippen LogP contribution in [-0.4, -0.2) is 41.1 Å². The van der Waals surface area contributed by atoms with Crippen molar-refractivity contribution < 1.29 is 4.79 Å². The molecule has 0 aliphatic carbocycles. The molecule has 0 saturated carbocycles. The highest BCUT2D eigenvalue weighted by atomic mass is 16.2. The Morgan fingerprint density at radius 1 is 1.08 bits per heavy atom. The Labute approximate surface area is 153 Å². The van der Waals surface area contributed by atoms with Crippen LogP contribution in [-0.2, 0) is 6.54 Å². The maximum Gasteiger partial charge on any atom is 0.275 e. The maximum absolute atomic E-state index is 12.9. The van der Waals surface area contributed by atoms with E-state index in [0.717, 1.165) is 24.0 Å². The van der Waals surface area contributed by atoms with E-state index in [1.54, 1.807) is 4.90 Å². The molecule has 5 nitrogen and oxygen atoms in total. The van der Waals surface area contributed by atoms with E-state index in [1.807, 2.05) is 37.4 Å². The number of rotatable bonds is 4. The summed E-state index contributed by atoms with van der Waals surface area (Å²) in [5.74, 6) is -0.0594. The van der Waals surface area contributed by atoms with Crippen LogP contribution in [0.5, 0.6) is 0 Å². The smallest absolute Gasteiger partial charge is 0.275 e. The van der Waals surface area contributed by atoms with E-state index in [2.05, 4.69) is 33.3 Å². The molecule has 3 aromatic rings. The number of aromatic nitrogens is 2. The number of H-pyrrole nitrogens is 1. The van der Waals surface area contributed by atoms with Crippen LogP contribution in [0.25, 0.3) is 10.9 Å².